The number of benzene rings is 2. The maximum atomic E-state index is 12.7. The topological polar surface area (TPSA) is 117 Å². The molecule has 3 N–H and O–H groups in total. The normalized spacial score (nSPS) is 16.3. The van der Waals surface area contributed by atoms with Gasteiger partial charge >= 0.3 is 6.03 Å². The molecule has 9 nitrogen and oxygen atoms in total. The van der Waals surface area contributed by atoms with E-state index in [2.05, 4.69) is 10.6 Å². The van der Waals surface area contributed by atoms with E-state index in [-0.39, 0.29) is 37.8 Å². The second-order valence-electron chi connectivity index (χ2n) is 7.68. The molecule has 0 saturated carbocycles. The van der Waals surface area contributed by atoms with Crippen LogP contribution in [0.15, 0.2) is 48.5 Å². The van der Waals surface area contributed by atoms with Gasteiger partial charge in [-0.25, -0.2) is 4.79 Å². The fourth-order valence-corrected chi connectivity index (χ4v) is 3.72. The first-order valence-corrected chi connectivity index (χ1v) is 10.7. The maximum absolute atomic E-state index is 12.7. The van der Waals surface area contributed by atoms with Gasteiger partial charge in [-0.05, 0) is 36.1 Å². The summed E-state index contributed by atoms with van der Waals surface area (Å²) in [6.07, 6.45) is 0.682. The highest BCUT2D eigenvalue weighted by atomic mass is 16.5. The minimum absolute atomic E-state index is 0.0452. The number of hydrogen-bond acceptors (Lipinski definition) is 6. The summed E-state index contributed by atoms with van der Waals surface area (Å²) in [5.41, 5.74) is 1.69. The number of amides is 4. The van der Waals surface area contributed by atoms with Crippen LogP contribution < -0.4 is 20.1 Å². The van der Waals surface area contributed by atoms with E-state index in [9.17, 15) is 19.5 Å². The highest BCUT2D eigenvalue weighted by Gasteiger charge is 2.37. The molecule has 33 heavy (non-hydrogen) atoms. The first kappa shape index (κ1) is 24.1. The van der Waals surface area contributed by atoms with Gasteiger partial charge in [0.25, 0.3) is 5.91 Å². The third kappa shape index (κ3) is 6.01. The number of imide groups is 1. The van der Waals surface area contributed by atoms with Crippen molar-refractivity contribution in [3.63, 3.8) is 0 Å². The summed E-state index contributed by atoms with van der Waals surface area (Å²) in [4.78, 5) is 38.5. The van der Waals surface area contributed by atoms with Gasteiger partial charge in [-0.3, -0.25) is 14.5 Å². The number of ether oxygens (including phenoxy) is 2. The number of carbonyl (C=O) groups excluding carboxylic acids is 3. The number of methoxy groups -OCH3 is 2. The molecule has 0 aliphatic carbocycles. The van der Waals surface area contributed by atoms with Crippen LogP contribution in [0.25, 0.3) is 0 Å². The quantitative estimate of drug-likeness (QED) is 0.445. The van der Waals surface area contributed by atoms with Crippen molar-refractivity contribution in [2.24, 2.45) is 0 Å². The van der Waals surface area contributed by atoms with Crippen LogP contribution in [0.2, 0.25) is 0 Å². The van der Waals surface area contributed by atoms with Gasteiger partial charge in [-0.15, -0.1) is 0 Å². The highest BCUT2D eigenvalue weighted by Crippen LogP contribution is 2.28. The second kappa shape index (κ2) is 11.3. The van der Waals surface area contributed by atoms with Crippen molar-refractivity contribution in [3.05, 3.63) is 59.7 Å². The molecule has 1 fully saturated rings. The van der Waals surface area contributed by atoms with Gasteiger partial charge in [0.15, 0.2) is 11.5 Å². The lowest BCUT2D eigenvalue weighted by Crippen LogP contribution is -2.35. The molecule has 1 aliphatic rings. The predicted molar refractivity (Wildman–Crippen MR) is 121 cm³/mol. The summed E-state index contributed by atoms with van der Waals surface area (Å²) in [6, 6.07) is 12.8. The summed E-state index contributed by atoms with van der Waals surface area (Å²) >= 11 is 0. The molecule has 1 aliphatic heterocycles. The molecule has 0 aromatic heterocycles. The molecule has 3 rings (SSSR count). The molecule has 2 atom stereocenters. The number of aliphatic hydroxyl groups excluding tert-OH is 1. The van der Waals surface area contributed by atoms with Crippen molar-refractivity contribution in [2.75, 3.05) is 27.4 Å². The molecule has 0 spiro atoms. The molecule has 9 heteroatoms. The SMILES string of the molecule is COc1ccc(CCN2C(=O)N[C@@H](CCC(=O)N[C@H](CO)c3ccccc3)C2=O)cc1OC. The summed E-state index contributed by atoms with van der Waals surface area (Å²) in [7, 11) is 3.10. The van der Waals surface area contributed by atoms with Crippen molar-refractivity contribution in [3.8, 4) is 11.5 Å². The molecule has 1 saturated heterocycles. The fraction of sp³-hybridized carbons (Fsp3) is 0.375. The van der Waals surface area contributed by atoms with Crippen molar-refractivity contribution < 1.29 is 29.0 Å². The zero-order valence-corrected chi connectivity index (χ0v) is 18.7. The van der Waals surface area contributed by atoms with E-state index >= 15 is 0 Å². The summed E-state index contributed by atoms with van der Waals surface area (Å²) < 4.78 is 10.5. The number of nitrogens with zero attached hydrogens (tertiary/aromatic N) is 1. The Labute approximate surface area is 192 Å². The van der Waals surface area contributed by atoms with E-state index in [4.69, 9.17) is 9.47 Å². The average molecular weight is 456 g/mol. The molecular formula is C24H29N3O6. The number of carbonyl (C=O) groups is 3. The molecule has 4 amide bonds. The predicted octanol–water partition coefficient (Wildman–Crippen LogP) is 1.80. The lowest BCUT2D eigenvalue weighted by molar-refractivity contribution is -0.127. The van der Waals surface area contributed by atoms with Crippen LogP contribution in [-0.4, -0.2) is 61.3 Å². The van der Waals surface area contributed by atoms with Gasteiger partial charge in [0, 0.05) is 13.0 Å². The van der Waals surface area contributed by atoms with Gasteiger partial charge < -0.3 is 25.2 Å². The highest BCUT2D eigenvalue weighted by molar-refractivity contribution is 6.04. The van der Waals surface area contributed by atoms with Crippen LogP contribution in [0.4, 0.5) is 4.79 Å². The molecule has 0 radical (unpaired) electrons. The van der Waals surface area contributed by atoms with E-state index in [1.54, 1.807) is 20.3 Å². The monoisotopic (exact) mass is 455 g/mol. The maximum Gasteiger partial charge on any atom is 0.324 e. The first-order valence-electron chi connectivity index (χ1n) is 10.7. The Hall–Kier alpha value is -3.59. The standard InChI is InChI=1S/C24H29N3O6/c1-32-20-10-8-16(14-21(20)33-2)12-13-27-23(30)18(26-24(27)31)9-11-22(29)25-19(15-28)17-6-4-3-5-7-17/h3-8,10,14,18-19,28H,9,11-13,15H2,1-2H3,(H,25,29)(H,26,31)/t18-,19+/m0/s1. The lowest BCUT2D eigenvalue weighted by atomic mass is 10.1. The smallest absolute Gasteiger partial charge is 0.324 e. The molecule has 2 aromatic carbocycles. The zero-order chi connectivity index (χ0) is 23.8. The number of nitrogens with one attached hydrogen (secondary N) is 2. The van der Waals surface area contributed by atoms with Gasteiger partial charge in [-0.2, -0.15) is 0 Å². The minimum Gasteiger partial charge on any atom is -0.493 e. The van der Waals surface area contributed by atoms with E-state index < -0.39 is 18.1 Å². The molecule has 0 bridgehead atoms. The molecule has 1 heterocycles. The van der Waals surface area contributed by atoms with E-state index in [1.807, 2.05) is 42.5 Å². The third-order valence-electron chi connectivity index (χ3n) is 5.56. The Bertz CT molecular complexity index is 981. The Balaban J connectivity index is 1.51. The average Bonchev–Trinajstić information content (AvgIpc) is 3.12. The number of urea groups is 1. The molecular weight excluding hydrogens is 426 g/mol. The molecule has 176 valence electrons. The van der Waals surface area contributed by atoms with Crippen molar-refractivity contribution in [2.45, 2.75) is 31.3 Å². The summed E-state index contributed by atoms with van der Waals surface area (Å²) in [6.45, 7) is -0.0256. The fourth-order valence-electron chi connectivity index (χ4n) is 3.72. The largest absolute Gasteiger partial charge is 0.493 e. The zero-order valence-electron chi connectivity index (χ0n) is 18.7. The van der Waals surface area contributed by atoms with E-state index in [1.165, 1.54) is 4.90 Å². The van der Waals surface area contributed by atoms with Crippen LogP contribution >= 0.6 is 0 Å². The Morgan fingerprint density at radius 1 is 1.12 bits per heavy atom. The van der Waals surface area contributed by atoms with Gasteiger partial charge in [0.2, 0.25) is 5.91 Å². The van der Waals surface area contributed by atoms with Crippen molar-refractivity contribution in [1.82, 2.24) is 15.5 Å². The van der Waals surface area contributed by atoms with Crippen LogP contribution in [0.1, 0.15) is 30.0 Å². The summed E-state index contributed by atoms with van der Waals surface area (Å²) in [5, 5.41) is 15.0. The second-order valence-corrected chi connectivity index (χ2v) is 7.68. The van der Waals surface area contributed by atoms with Crippen LogP contribution in [0, 0.1) is 0 Å². The van der Waals surface area contributed by atoms with Crippen molar-refractivity contribution in [1.29, 1.82) is 0 Å². The van der Waals surface area contributed by atoms with Gasteiger partial charge in [0.05, 0.1) is 26.9 Å². The Kier molecular flexibility index (Phi) is 8.26. The minimum atomic E-state index is -0.752. The first-order chi connectivity index (χ1) is 16.0. The molecule has 0 unspecified atom stereocenters. The Morgan fingerprint density at radius 2 is 1.85 bits per heavy atom. The Morgan fingerprint density at radius 3 is 2.52 bits per heavy atom. The summed E-state index contributed by atoms with van der Waals surface area (Å²) in [5.74, 6) is 0.525. The van der Waals surface area contributed by atoms with E-state index in [0.717, 1.165) is 11.1 Å². The lowest BCUT2D eigenvalue weighted by Gasteiger charge is -2.17. The third-order valence-corrected chi connectivity index (χ3v) is 5.56. The number of hydrogen-bond donors (Lipinski definition) is 3. The number of aliphatic hydroxyl groups is 1. The van der Waals surface area contributed by atoms with Crippen LogP contribution in [-0.2, 0) is 16.0 Å². The number of rotatable bonds is 11. The molecule has 2 aromatic rings. The van der Waals surface area contributed by atoms with Crippen LogP contribution in [0.5, 0.6) is 11.5 Å². The van der Waals surface area contributed by atoms with Gasteiger partial charge in [-0.1, -0.05) is 36.4 Å². The van der Waals surface area contributed by atoms with E-state index in [0.29, 0.717) is 17.9 Å². The van der Waals surface area contributed by atoms with Crippen LogP contribution in [0.3, 0.4) is 0 Å². The van der Waals surface area contributed by atoms with Gasteiger partial charge in [0.1, 0.15) is 6.04 Å². The van der Waals surface area contributed by atoms with Crippen molar-refractivity contribution >= 4 is 17.8 Å².